The van der Waals surface area contributed by atoms with Crippen molar-refractivity contribution in [2.45, 2.75) is 20.0 Å². The molecule has 1 aliphatic heterocycles. The number of carbonyl (C=O) groups is 3. The van der Waals surface area contributed by atoms with Crippen molar-refractivity contribution in [3.05, 3.63) is 89.2 Å². The summed E-state index contributed by atoms with van der Waals surface area (Å²) < 4.78 is 5.49. The molecule has 0 saturated carbocycles. The summed E-state index contributed by atoms with van der Waals surface area (Å²) in [5, 5.41) is 2.87. The molecule has 0 aliphatic carbocycles. The summed E-state index contributed by atoms with van der Waals surface area (Å²) in [6, 6.07) is 15.9. The lowest BCUT2D eigenvalue weighted by atomic mass is 10.1. The summed E-state index contributed by atoms with van der Waals surface area (Å²) >= 11 is 0. The Hall–Kier alpha value is -4.00. The lowest BCUT2D eigenvalue weighted by molar-refractivity contribution is -0.121. The third-order valence-corrected chi connectivity index (χ3v) is 5.07. The molecule has 4 rings (SSSR count). The fourth-order valence-electron chi connectivity index (χ4n) is 3.32. The van der Waals surface area contributed by atoms with E-state index in [1.807, 2.05) is 24.3 Å². The summed E-state index contributed by atoms with van der Waals surface area (Å²) in [5.41, 5.74) is 3.45. The van der Waals surface area contributed by atoms with E-state index >= 15 is 0 Å². The van der Waals surface area contributed by atoms with Gasteiger partial charge in [0.05, 0.1) is 12.2 Å². The van der Waals surface area contributed by atoms with Gasteiger partial charge in [-0.15, -0.1) is 0 Å². The molecule has 1 aliphatic rings. The summed E-state index contributed by atoms with van der Waals surface area (Å²) in [5.74, 6) is 0.120. The highest BCUT2D eigenvalue weighted by Gasteiger charge is 2.26. The number of pyridine rings is 1. The Labute approximate surface area is 179 Å². The zero-order valence-corrected chi connectivity index (χ0v) is 17.0. The van der Waals surface area contributed by atoms with Gasteiger partial charge >= 0.3 is 0 Å². The van der Waals surface area contributed by atoms with Gasteiger partial charge in [0.15, 0.2) is 12.4 Å². The normalized spacial score (nSPS) is 12.7. The van der Waals surface area contributed by atoms with Gasteiger partial charge in [-0.05, 0) is 60.5 Å². The third kappa shape index (κ3) is 4.61. The maximum Gasteiger partial charge on any atom is 0.265 e. The highest BCUT2D eigenvalue weighted by molar-refractivity contribution is 6.01. The van der Waals surface area contributed by atoms with Crippen LogP contribution in [0.15, 0.2) is 67.0 Å². The molecule has 31 heavy (non-hydrogen) atoms. The number of hydrogen-bond acceptors (Lipinski definition) is 5. The Morgan fingerprint density at radius 1 is 1.00 bits per heavy atom. The SMILES string of the molecule is CC(=O)c1ccc2c(c1)N(Cc1ccc(C(=O)NCc3ccncc3)cc1)C(=O)CO2. The second-order valence-electron chi connectivity index (χ2n) is 7.24. The fraction of sp³-hybridized carbons (Fsp3) is 0.167. The van der Waals surface area contributed by atoms with Gasteiger partial charge < -0.3 is 15.0 Å². The second kappa shape index (κ2) is 8.79. The van der Waals surface area contributed by atoms with Crippen molar-refractivity contribution in [2.24, 2.45) is 0 Å². The molecule has 7 heteroatoms. The number of hydrogen-bond donors (Lipinski definition) is 1. The molecule has 156 valence electrons. The van der Waals surface area contributed by atoms with Crippen LogP contribution in [0.1, 0.15) is 38.8 Å². The van der Waals surface area contributed by atoms with E-state index in [1.54, 1.807) is 47.6 Å². The average molecular weight is 415 g/mol. The lowest BCUT2D eigenvalue weighted by Gasteiger charge is -2.29. The van der Waals surface area contributed by atoms with Crippen LogP contribution in [-0.4, -0.2) is 29.2 Å². The maximum atomic E-state index is 12.5. The van der Waals surface area contributed by atoms with E-state index in [0.29, 0.717) is 35.7 Å². The van der Waals surface area contributed by atoms with Crippen LogP contribution in [0.4, 0.5) is 5.69 Å². The van der Waals surface area contributed by atoms with Crippen LogP contribution in [-0.2, 0) is 17.9 Å². The molecule has 2 heterocycles. The molecule has 0 fully saturated rings. The molecule has 1 aromatic heterocycles. The van der Waals surface area contributed by atoms with Gasteiger partial charge in [0, 0.05) is 30.1 Å². The van der Waals surface area contributed by atoms with E-state index < -0.39 is 0 Å². The van der Waals surface area contributed by atoms with Gasteiger partial charge in [-0.2, -0.15) is 0 Å². The van der Waals surface area contributed by atoms with Gasteiger partial charge in [-0.1, -0.05) is 12.1 Å². The second-order valence-corrected chi connectivity index (χ2v) is 7.24. The number of ketones is 1. The number of carbonyl (C=O) groups excluding carboxylic acids is 3. The largest absolute Gasteiger partial charge is 0.482 e. The molecule has 0 radical (unpaired) electrons. The average Bonchev–Trinajstić information content (AvgIpc) is 2.80. The van der Waals surface area contributed by atoms with Gasteiger partial charge in [0.1, 0.15) is 5.75 Å². The number of nitrogens with zero attached hydrogens (tertiary/aromatic N) is 2. The number of fused-ring (bicyclic) bond motifs is 1. The number of rotatable bonds is 6. The molecular formula is C24H21N3O4. The van der Waals surface area contributed by atoms with E-state index in [0.717, 1.165) is 11.1 Å². The van der Waals surface area contributed by atoms with E-state index in [-0.39, 0.29) is 24.2 Å². The smallest absolute Gasteiger partial charge is 0.265 e. The minimum atomic E-state index is -0.188. The molecule has 0 unspecified atom stereocenters. The Kier molecular flexibility index (Phi) is 5.75. The van der Waals surface area contributed by atoms with Crippen LogP contribution >= 0.6 is 0 Å². The number of Topliss-reactive ketones (excluding diaryl/α,β-unsaturated/α-hetero) is 1. The van der Waals surface area contributed by atoms with Gasteiger partial charge in [0.25, 0.3) is 11.8 Å². The van der Waals surface area contributed by atoms with E-state index in [9.17, 15) is 14.4 Å². The molecule has 0 spiro atoms. The van der Waals surface area contributed by atoms with Crippen molar-refractivity contribution in [1.29, 1.82) is 0 Å². The number of anilines is 1. The predicted octanol–water partition coefficient (Wildman–Crippen LogP) is 3.14. The first-order chi connectivity index (χ1) is 15.0. The molecule has 2 amide bonds. The number of amides is 2. The van der Waals surface area contributed by atoms with Crippen LogP contribution < -0.4 is 15.0 Å². The molecule has 2 aromatic carbocycles. The van der Waals surface area contributed by atoms with Crippen molar-refractivity contribution in [3.63, 3.8) is 0 Å². The summed E-state index contributed by atoms with van der Waals surface area (Å²) in [6.45, 7) is 2.16. The molecule has 0 atom stereocenters. The summed E-state index contributed by atoms with van der Waals surface area (Å²) in [6.07, 6.45) is 3.36. The van der Waals surface area contributed by atoms with Crippen molar-refractivity contribution in [2.75, 3.05) is 11.5 Å². The monoisotopic (exact) mass is 415 g/mol. The first-order valence-electron chi connectivity index (χ1n) is 9.85. The Morgan fingerprint density at radius 3 is 2.42 bits per heavy atom. The number of benzene rings is 2. The number of nitrogens with one attached hydrogen (secondary N) is 1. The lowest BCUT2D eigenvalue weighted by Crippen LogP contribution is -2.38. The number of ether oxygens (including phenoxy) is 1. The first-order valence-corrected chi connectivity index (χ1v) is 9.85. The minimum absolute atomic E-state index is 0.0537. The zero-order valence-electron chi connectivity index (χ0n) is 17.0. The number of aromatic nitrogens is 1. The van der Waals surface area contributed by atoms with Crippen LogP contribution in [0, 0.1) is 0 Å². The zero-order chi connectivity index (χ0) is 21.8. The topological polar surface area (TPSA) is 88.6 Å². The summed E-state index contributed by atoms with van der Waals surface area (Å²) in [7, 11) is 0. The van der Waals surface area contributed by atoms with E-state index in [1.165, 1.54) is 6.92 Å². The molecule has 3 aromatic rings. The fourth-order valence-corrected chi connectivity index (χ4v) is 3.32. The minimum Gasteiger partial charge on any atom is -0.482 e. The van der Waals surface area contributed by atoms with Crippen molar-refractivity contribution in [3.8, 4) is 5.75 Å². The van der Waals surface area contributed by atoms with E-state index in [4.69, 9.17) is 4.74 Å². The Morgan fingerprint density at radius 2 is 1.71 bits per heavy atom. The standard InChI is InChI=1S/C24H21N3O4/c1-16(28)20-6-7-22-21(12-20)27(23(29)15-31-22)14-18-2-4-19(5-3-18)24(30)26-13-17-8-10-25-11-9-17/h2-12H,13-15H2,1H3,(H,26,30). The highest BCUT2D eigenvalue weighted by atomic mass is 16.5. The summed E-state index contributed by atoms with van der Waals surface area (Å²) in [4.78, 5) is 42.2. The first kappa shape index (κ1) is 20.3. The predicted molar refractivity (Wildman–Crippen MR) is 115 cm³/mol. The molecular weight excluding hydrogens is 394 g/mol. The van der Waals surface area contributed by atoms with Crippen molar-refractivity contribution in [1.82, 2.24) is 10.3 Å². The molecule has 0 saturated heterocycles. The molecule has 7 nitrogen and oxygen atoms in total. The van der Waals surface area contributed by atoms with Crippen LogP contribution in [0.5, 0.6) is 5.75 Å². The van der Waals surface area contributed by atoms with Gasteiger partial charge in [-0.25, -0.2) is 0 Å². The van der Waals surface area contributed by atoms with Gasteiger partial charge in [-0.3, -0.25) is 19.4 Å². The van der Waals surface area contributed by atoms with Crippen LogP contribution in [0.3, 0.4) is 0 Å². The quantitative estimate of drug-likeness (QED) is 0.625. The Bertz CT molecular complexity index is 1130. The Balaban J connectivity index is 1.46. The third-order valence-electron chi connectivity index (χ3n) is 5.07. The maximum absolute atomic E-state index is 12.5. The van der Waals surface area contributed by atoms with Crippen molar-refractivity contribution >= 4 is 23.3 Å². The van der Waals surface area contributed by atoms with E-state index in [2.05, 4.69) is 10.3 Å². The van der Waals surface area contributed by atoms with Crippen molar-refractivity contribution < 1.29 is 19.1 Å². The molecule has 0 bridgehead atoms. The molecule has 1 N–H and O–H groups in total. The highest BCUT2D eigenvalue weighted by Crippen LogP contribution is 2.34. The van der Waals surface area contributed by atoms with Gasteiger partial charge in [0.2, 0.25) is 0 Å². The van der Waals surface area contributed by atoms with Crippen LogP contribution in [0.2, 0.25) is 0 Å². The van der Waals surface area contributed by atoms with Crippen LogP contribution in [0.25, 0.3) is 0 Å².